The number of hydrogen-bond acceptors (Lipinski definition) is 4. The smallest absolute Gasteiger partial charge is 0.257 e. The van der Waals surface area contributed by atoms with Crippen LogP contribution < -0.4 is 11.1 Å². The van der Waals surface area contributed by atoms with E-state index in [0.29, 0.717) is 17.3 Å². The second-order valence-corrected chi connectivity index (χ2v) is 5.67. The van der Waals surface area contributed by atoms with Gasteiger partial charge in [0.25, 0.3) is 5.91 Å². The number of likely N-dealkylation sites (tertiary alicyclic amines) is 1. The van der Waals surface area contributed by atoms with Gasteiger partial charge in [0.15, 0.2) is 0 Å². The molecule has 1 aromatic rings. The lowest BCUT2D eigenvalue weighted by Gasteiger charge is -2.31. The van der Waals surface area contributed by atoms with Crippen LogP contribution in [0.3, 0.4) is 0 Å². The Morgan fingerprint density at radius 1 is 1.41 bits per heavy atom. The molecule has 1 fully saturated rings. The summed E-state index contributed by atoms with van der Waals surface area (Å²) >= 11 is 0. The summed E-state index contributed by atoms with van der Waals surface area (Å²) < 4.78 is 0. The molecular weight excluding hydrogens is 323 g/mol. The van der Waals surface area contributed by atoms with Crippen molar-refractivity contribution in [1.29, 1.82) is 0 Å². The number of nitrogens with one attached hydrogen (secondary N) is 1. The maximum atomic E-state index is 12.6. The Balaban J connectivity index is 0.00000220. The van der Waals surface area contributed by atoms with Crippen LogP contribution in [-0.4, -0.2) is 41.5 Å². The fourth-order valence-electron chi connectivity index (χ4n) is 2.51. The van der Waals surface area contributed by atoms with Gasteiger partial charge in [0.1, 0.15) is 5.82 Å². The molecule has 5 nitrogen and oxygen atoms in total. The highest BCUT2D eigenvalue weighted by atomic mass is 35.5. The van der Waals surface area contributed by atoms with E-state index >= 15 is 0 Å². The molecule has 126 valence electrons. The number of hydrogen-bond donors (Lipinski definition) is 2. The third-order valence-electron chi connectivity index (χ3n) is 3.70. The maximum Gasteiger partial charge on any atom is 0.257 e. The van der Waals surface area contributed by atoms with E-state index in [4.69, 9.17) is 5.73 Å². The summed E-state index contributed by atoms with van der Waals surface area (Å²) in [7, 11) is 0. The van der Waals surface area contributed by atoms with Crippen LogP contribution in [0.2, 0.25) is 0 Å². The number of rotatable bonds is 4. The van der Waals surface area contributed by atoms with E-state index in [2.05, 4.69) is 10.3 Å². The number of pyridine rings is 1. The topological polar surface area (TPSA) is 71.2 Å². The summed E-state index contributed by atoms with van der Waals surface area (Å²) in [5.74, 6) is 1.30. The van der Waals surface area contributed by atoms with E-state index in [-0.39, 0.29) is 36.8 Å². The average molecular weight is 349 g/mol. The summed E-state index contributed by atoms with van der Waals surface area (Å²) in [5, 5.41) is 3.23. The lowest BCUT2D eigenvalue weighted by Crippen LogP contribution is -2.40. The molecule has 0 aliphatic carbocycles. The van der Waals surface area contributed by atoms with Gasteiger partial charge in [0.05, 0.1) is 5.56 Å². The first-order valence-corrected chi connectivity index (χ1v) is 7.32. The van der Waals surface area contributed by atoms with E-state index in [0.717, 1.165) is 32.5 Å². The molecule has 3 N–H and O–H groups in total. The predicted molar refractivity (Wildman–Crippen MR) is 95.2 cm³/mol. The molecule has 7 heteroatoms. The summed E-state index contributed by atoms with van der Waals surface area (Å²) in [4.78, 5) is 18.8. The van der Waals surface area contributed by atoms with Crippen molar-refractivity contribution in [1.82, 2.24) is 9.88 Å². The molecule has 0 unspecified atom stereocenters. The number of aromatic nitrogens is 1. The highest BCUT2D eigenvalue weighted by Gasteiger charge is 2.24. The van der Waals surface area contributed by atoms with Gasteiger partial charge in [0, 0.05) is 25.3 Å². The van der Waals surface area contributed by atoms with Gasteiger partial charge in [-0.25, -0.2) is 4.98 Å². The summed E-state index contributed by atoms with van der Waals surface area (Å²) in [6, 6.07) is 3.90. The highest BCUT2D eigenvalue weighted by molar-refractivity contribution is 5.98. The molecule has 1 saturated heterocycles. The zero-order valence-corrected chi connectivity index (χ0v) is 14.8. The SMILES string of the molecule is CC(C)Nc1ncccc1C(=O)N1CCC(CN)CC1.Cl.Cl. The van der Waals surface area contributed by atoms with Crippen molar-refractivity contribution in [2.24, 2.45) is 11.7 Å². The lowest BCUT2D eigenvalue weighted by molar-refractivity contribution is 0.0694. The third-order valence-corrected chi connectivity index (χ3v) is 3.70. The van der Waals surface area contributed by atoms with E-state index in [1.807, 2.05) is 30.9 Å². The Hall–Kier alpha value is -1.04. The van der Waals surface area contributed by atoms with Gasteiger partial charge in [-0.2, -0.15) is 0 Å². The minimum Gasteiger partial charge on any atom is -0.367 e. The molecule has 1 aliphatic rings. The van der Waals surface area contributed by atoms with Crippen LogP contribution in [0.4, 0.5) is 5.82 Å². The average Bonchev–Trinajstić information content (AvgIpc) is 2.46. The van der Waals surface area contributed by atoms with Crippen LogP contribution in [0, 0.1) is 5.92 Å². The zero-order chi connectivity index (χ0) is 14.5. The number of nitrogens with zero attached hydrogens (tertiary/aromatic N) is 2. The number of halogens is 2. The summed E-state index contributed by atoms with van der Waals surface area (Å²) in [6.07, 6.45) is 3.70. The number of nitrogens with two attached hydrogens (primary N) is 1. The fourth-order valence-corrected chi connectivity index (χ4v) is 2.51. The molecule has 1 aromatic heterocycles. The van der Waals surface area contributed by atoms with Crippen molar-refractivity contribution < 1.29 is 4.79 Å². The monoisotopic (exact) mass is 348 g/mol. The molecule has 0 spiro atoms. The van der Waals surface area contributed by atoms with Crippen LogP contribution in [0.25, 0.3) is 0 Å². The van der Waals surface area contributed by atoms with Gasteiger partial charge in [-0.15, -0.1) is 24.8 Å². The molecule has 0 saturated carbocycles. The quantitative estimate of drug-likeness (QED) is 0.876. The lowest BCUT2D eigenvalue weighted by atomic mass is 9.96. The number of carbonyl (C=O) groups is 1. The van der Waals surface area contributed by atoms with Gasteiger partial charge in [-0.1, -0.05) is 0 Å². The van der Waals surface area contributed by atoms with Crippen molar-refractivity contribution in [2.75, 3.05) is 25.0 Å². The minimum absolute atomic E-state index is 0. The first kappa shape index (κ1) is 21.0. The molecule has 0 bridgehead atoms. The molecule has 2 heterocycles. The van der Waals surface area contributed by atoms with Gasteiger partial charge in [-0.05, 0) is 51.3 Å². The fraction of sp³-hybridized carbons (Fsp3) is 0.600. The minimum atomic E-state index is 0. The standard InChI is InChI=1S/C15H24N4O.2ClH/c1-11(2)18-14-13(4-3-7-17-14)15(20)19-8-5-12(10-16)6-9-19;;/h3-4,7,11-12H,5-6,8-10,16H2,1-2H3,(H,17,18);2*1H. The number of anilines is 1. The molecule has 1 amide bonds. The van der Waals surface area contributed by atoms with Crippen LogP contribution in [-0.2, 0) is 0 Å². The predicted octanol–water partition coefficient (Wildman–Crippen LogP) is 2.56. The highest BCUT2D eigenvalue weighted by Crippen LogP contribution is 2.21. The molecule has 2 rings (SSSR count). The van der Waals surface area contributed by atoms with Crippen molar-refractivity contribution in [3.05, 3.63) is 23.9 Å². The van der Waals surface area contributed by atoms with E-state index in [9.17, 15) is 4.79 Å². The van der Waals surface area contributed by atoms with Crippen molar-refractivity contribution in [2.45, 2.75) is 32.7 Å². The second kappa shape index (κ2) is 9.87. The van der Waals surface area contributed by atoms with Gasteiger partial charge in [0.2, 0.25) is 0 Å². The van der Waals surface area contributed by atoms with Crippen LogP contribution >= 0.6 is 24.8 Å². The molecule has 22 heavy (non-hydrogen) atoms. The Labute approximate surface area is 144 Å². The molecule has 0 atom stereocenters. The van der Waals surface area contributed by atoms with Gasteiger partial charge >= 0.3 is 0 Å². The van der Waals surface area contributed by atoms with E-state index < -0.39 is 0 Å². The number of piperidine rings is 1. The third kappa shape index (κ3) is 5.30. The summed E-state index contributed by atoms with van der Waals surface area (Å²) in [5.41, 5.74) is 6.35. The first-order chi connectivity index (χ1) is 9.61. The van der Waals surface area contributed by atoms with Crippen LogP contribution in [0.15, 0.2) is 18.3 Å². The first-order valence-electron chi connectivity index (χ1n) is 7.32. The van der Waals surface area contributed by atoms with Crippen LogP contribution in [0.1, 0.15) is 37.0 Å². The van der Waals surface area contributed by atoms with Crippen molar-refractivity contribution in [3.63, 3.8) is 0 Å². The molecular formula is C15H26Cl2N4O. The normalized spacial score (nSPS) is 15.0. The molecule has 1 aliphatic heterocycles. The molecule has 0 radical (unpaired) electrons. The Kier molecular flexibility index (Phi) is 9.41. The largest absolute Gasteiger partial charge is 0.367 e. The Morgan fingerprint density at radius 3 is 2.59 bits per heavy atom. The number of amides is 1. The molecule has 0 aromatic carbocycles. The number of carbonyl (C=O) groups excluding carboxylic acids is 1. The van der Waals surface area contributed by atoms with E-state index in [1.54, 1.807) is 6.20 Å². The Bertz CT molecular complexity index is 463. The van der Waals surface area contributed by atoms with Crippen LogP contribution in [0.5, 0.6) is 0 Å². The second-order valence-electron chi connectivity index (χ2n) is 5.67. The van der Waals surface area contributed by atoms with Gasteiger partial charge < -0.3 is 16.0 Å². The van der Waals surface area contributed by atoms with Crippen molar-refractivity contribution >= 4 is 36.5 Å². The van der Waals surface area contributed by atoms with Gasteiger partial charge in [-0.3, -0.25) is 4.79 Å². The maximum absolute atomic E-state index is 12.6. The zero-order valence-electron chi connectivity index (χ0n) is 13.1. The Morgan fingerprint density at radius 2 is 2.05 bits per heavy atom. The van der Waals surface area contributed by atoms with Crippen molar-refractivity contribution in [3.8, 4) is 0 Å². The van der Waals surface area contributed by atoms with E-state index in [1.165, 1.54) is 0 Å². The summed E-state index contributed by atoms with van der Waals surface area (Å²) in [6.45, 7) is 6.37.